The molecule has 0 saturated carbocycles. The molecule has 0 heterocycles. The van der Waals surface area contributed by atoms with Crippen molar-refractivity contribution in [3.05, 3.63) is 39.9 Å². The first-order chi connectivity index (χ1) is 7.63. The van der Waals surface area contributed by atoms with Crippen molar-refractivity contribution in [2.75, 3.05) is 13.7 Å². The largest absolute Gasteiger partial charge is 0.383 e. The maximum Gasteiger partial charge on any atom is 0.269 e. The Labute approximate surface area is 94.6 Å². The molecule has 0 amide bonds. The summed E-state index contributed by atoms with van der Waals surface area (Å²) in [6.07, 6.45) is 0. The Morgan fingerprint density at radius 2 is 2.06 bits per heavy atom. The summed E-state index contributed by atoms with van der Waals surface area (Å²) >= 11 is 0. The first kappa shape index (κ1) is 12.6. The van der Waals surface area contributed by atoms with Gasteiger partial charge in [-0.1, -0.05) is 12.1 Å². The summed E-state index contributed by atoms with van der Waals surface area (Å²) in [6, 6.07) is 6.80. The summed E-state index contributed by atoms with van der Waals surface area (Å²) in [5.41, 5.74) is 1.14. The predicted octanol–water partition coefficient (Wildman–Crippen LogP) is 1.72. The van der Waals surface area contributed by atoms with Crippen molar-refractivity contribution in [2.45, 2.75) is 19.5 Å². The van der Waals surface area contributed by atoms with E-state index in [1.54, 1.807) is 19.2 Å². The monoisotopic (exact) mass is 224 g/mol. The normalized spacial score (nSPS) is 12.4. The van der Waals surface area contributed by atoms with E-state index in [1.807, 2.05) is 6.92 Å². The summed E-state index contributed by atoms with van der Waals surface area (Å²) < 4.78 is 4.99. The molecule has 0 aliphatic rings. The molecule has 0 bridgehead atoms. The number of hydrogen-bond acceptors (Lipinski definition) is 4. The molecule has 1 N–H and O–H groups in total. The number of ether oxygens (including phenoxy) is 1. The third-order valence-electron chi connectivity index (χ3n) is 2.22. The molecule has 0 fully saturated rings. The molecule has 1 atom stereocenters. The maximum absolute atomic E-state index is 10.4. The van der Waals surface area contributed by atoms with Gasteiger partial charge in [-0.15, -0.1) is 0 Å². The highest BCUT2D eigenvalue weighted by Gasteiger charge is 2.04. The standard InChI is InChI=1S/C11H16N2O3/c1-9(8-16-2)12-7-10-3-5-11(6-4-10)13(14)15/h3-6,9,12H,7-8H2,1-2H3/t9-/m1/s1. The van der Waals surface area contributed by atoms with Crippen molar-refractivity contribution >= 4 is 5.69 Å². The van der Waals surface area contributed by atoms with Gasteiger partial charge in [0.2, 0.25) is 0 Å². The van der Waals surface area contributed by atoms with Crippen molar-refractivity contribution in [3.63, 3.8) is 0 Å². The second kappa shape index (κ2) is 6.19. The number of nitrogens with zero attached hydrogens (tertiary/aromatic N) is 1. The van der Waals surface area contributed by atoms with Crippen molar-refractivity contribution in [1.82, 2.24) is 5.32 Å². The van der Waals surface area contributed by atoms with Crippen LogP contribution in [0.5, 0.6) is 0 Å². The van der Waals surface area contributed by atoms with Crippen LogP contribution in [-0.4, -0.2) is 24.7 Å². The minimum Gasteiger partial charge on any atom is -0.383 e. The van der Waals surface area contributed by atoms with Crippen LogP contribution in [0, 0.1) is 10.1 Å². The summed E-state index contributed by atoms with van der Waals surface area (Å²) in [5, 5.41) is 13.7. The van der Waals surface area contributed by atoms with Gasteiger partial charge in [-0.2, -0.15) is 0 Å². The lowest BCUT2D eigenvalue weighted by Gasteiger charge is -2.12. The van der Waals surface area contributed by atoms with Crippen molar-refractivity contribution in [2.24, 2.45) is 0 Å². The average molecular weight is 224 g/mol. The Hall–Kier alpha value is -1.46. The van der Waals surface area contributed by atoms with Crippen molar-refractivity contribution in [1.29, 1.82) is 0 Å². The molecule has 0 aliphatic carbocycles. The van der Waals surface area contributed by atoms with Gasteiger partial charge in [0.1, 0.15) is 0 Å². The Kier molecular flexibility index (Phi) is 4.88. The quantitative estimate of drug-likeness (QED) is 0.590. The minimum absolute atomic E-state index is 0.119. The first-order valence-electron chi connectivity index (χ1n) is 5.09. The van der Waals surface area contributed by atoms with E-state index in [1.165, 1.54) is 12.1 Å². The lowest BCUT2D eigenvalue weighted by atomic mass is 10.2. The molecule has 0 saturated heterocycles. The van der Waals surface area contributed by atoms with Crippen LogP contribution in [0.25, 0.3) is 0 Å². The number of nitrogens with one attached hydrogen (secondary N) is 1. The lowest BCUT2D eigenvalue weighted by Crippen LogP contribution is -2.29. The minimum atomic E-state index is -0.398. The van der Waals surface area contributed by atoms with E-state index in [-0.39, 0.29) is 11.7 Å². The SMILES string of the molecule is COC[C@@H](C)NCc1ccc([N+](=O)[O-])cc1. The fourth-order valence-electron chi connectivity index (χ4n) is 1.34. The smallest absolute Gasteiger partial charge is 0.269 e. The van der Waals surface area contributed by atoms with Gasteiger partial charge >= 0.3 is 0 Å². The lowest BCUT2D eigenvalue weighted by molar-refractivity contribution is -0.384. The first-order valence-corrected chi connectivity index (χ1v) is 5.09. The van der Waals surface area contributed by atoms with E-state index in [2.05, 4.69) is 5.32 Å². The molecule has 5 heteroatoms. The molecular weight excluding hydrogens is 208 g/mol. The molecular formula is C11H16N2O3. The molecule has 16 heavy (non-hydrogen) atoms. The van der Waals surface area contributed by atoms with Gasteiger partial charge in [0.05, 0.1) is 11.5 Å². The second-order valence-electron chi connectivity index (χ2n) is 3.66. The molecule has 0 aliphatic heterocycles. The van der Waals surface area contributed by atoms with Gasteiger partial charge in [-0.05, 0) is 12.5 Å². The average Bonchev–Trinajstić information content (AvgIpc) is 2.27. The van der Waals surface area contributed by atoms with E-state index < -0.39 is 4.92 Å². The van der Waals surface area contributed by atoms with Crippen molar-refractivity contribution < 1.29 is 9.66 Å². The molecule has 88 valence electrons. The zero-order valence-corrected chi connectivity index (χ0v) is 9.47. The zero-order valence-electron chi connectivity index (χ0n) is 9.47. The van der Waals surface area contributed by atoms with Gasteiger partial charge < -0.3 is 10.1 Å². The molecule has 0 spiro atoms. The summed E-state index contributed by atoms with van der Waals surface area (Å²) in [6.45, 7) is 3.35. The molecule has 0 aromatic heterocycles. The molecule has 5 nitrogen and oxygen atoms in total. The Morgan fingerprint density at radius 1 is 1.44 bits per heavy atom. The van der Waals surface area contributed by atoms with Gasteiger partial charge in [0.25, 0.3) is 5.69 Å². The van der Waals surface area contributed by atoms with Gasteiger partial charge in [-0.3, -0.25) is 10.1 Å². The van der Waals surface area contributed by atoms with E-state index in [4.69, 9.17) is 4.74 Å². The fraction of sp³-hybridized carbons (Fsp3) is 0.455. The number of rotatable bonds is 6. The highest BCUT2D eigenvalue weighted by molar-refractivity contribution is 5.32. The summed E-state index contributed by atoms with van der Waals surface area (Å²) in [7, 11) is 1.66. The van der Waals surface area contributed by atoms with Crippen LogP contribution in [0.2, 0.25) is 0 Å². The van der Waals surface area contributed by atoms with E-state index >= 15 is 0 Å². The number of methoxy groups -OCH3 is 1. The summed E-state index contributed by atoms with van der Waals surface area (Å²) in [4.78, 5) is 10.0. The highest BCUT2D eigenvalue weighted by atomic mass is 16.6. The van der Waals surface area contributed by atoms with Gasteiger partial charge in [-0.25, -0.2) is 0 Å². The number of hydrogen-bond donors (Lipinski definition) is 1. The molecule has 1 aromatic rings. The van der Waals surface area contributed by atoms with Gasteiger partial charge in [0, 0.05) is 31.8 Å². The van der Waals surface area contributed by atoms with Crippen LogP contribution >= 0.6 is 0 Å². The fourth-order valence-corrected chi connectivity index (χ4v) is 1.34. The molecule has 0 radical (unpaired) electrons. The van der Waals surface area contributed by atoms with Crippen LogP contribution in [0.15, 0.2) is 24.3 Å². The van der Waals surface area contributed by atoms with Crippen LogP contribution in [0.3, 0.4) is 0 Å². The zero-order chi connectivity index (χ0) is 12.0. The van der Waals surface area contributed by atoms with E-state index in [9.17, 15) is 10.1 Å². The predicted molar refractivity (Wildman–Crippen MR) is 61.3 cm³/mol. The van der Waals surface area contributed by atoms with Crippen LogP contribution in [0.4, 0.5) is 5.69 Å². The van der Waals surface area contributed by atoms with Gasteiger partial charge in [0.15, 0.2) is 0 Å². The van der Waals surface area contributed by atoms with Crippen LogP contribution in [-0.2, 0) is 11.3 Å². The van der Waals surface area contributed by atoms with E-state index in [0.29, 0.717) is 13.2 Å². The topological polar surface area (TPSA) is 64.4 Å². The molecule has 1 aromatic carbocycles. The number of non-ortho nitro benzene ring substituents is 1. The third kappa shape index (κ3) is 3.96. The Balaban J connectivity index is 2.46. The second-order valence-corrected chi connectivity index (χ2v) is 3.66. The molecule has 0 unspecified atom stereocenters. The number of nitro benzene ring substituents is 1. The maximum atomic E-state index is 10.4. The Morgan fingerprint density at radius 3 is 2.56 bits per heavy atom. The van der Waals surface area contributed by atoms with Crippen LogP contribution < -0.4 is 5.32 Å². The summed E-state index contributed by atoms with van der Waals surface area (Å²) in [5.74, 6) is 0. The van der Waals surface area contributed by atoms with Crippen molar-refractivity contribution in [3.8, 4) is 0 Å². The van der Waals surface area contributed by atoms with Crippen LogP contribution in [0.1, 0.15) is 12.5 Å². The molecule has 1 rings (SSSR count). The highest BCUT2D eigenvalue weighted by Crippen LogP contribution is 2.11. The third-order valence-corrected chi connectivity index (χ3v) is 2.22. The van der Waals surface area contributed by atoms with E-state index in [0.717, 1.165) is 5.56 Å². The Bertz CT molecular complexity index is 338. The number of nitro groups is 1. The number of benzene rings is 1.